The molecule has 0 saturated carbocycles. The van der Waals surface area contributed by atoms with E-state index in [9.17, 15) is 4.79 Å². The number of rotatable bonds is 2. The average Bonchev–Trinajstić information content (AvgIpc) is 3.21. The standard InChI is InChI=1S/C16H19N3O3/c1-19-13-5-3-2-4-10(13)8-12(16(19)20)15-17-14(18-22-15)11-6-7-21-9-11/h8,11H,2-7,9H2,1H3/t11-/m1/s1. The molecule has 1 fully saturated rings. The summed E-state index contributed by atoms with van der Waals surface area (Å²) in [5.74, 6) is 1.15. The smallest absolute Gasteiger partial charge is 0.263 e. The molecule has 6 nitrogen and oxygen atoms in total. The summed E-state index contributed by atoms with van der Waals surface area (Å²) in [6, 6.07) is 1.94. The summed E-state index contributed by atoms with van der Waals surface area (Å²) in [5, 5.41) is 4.04. The zero-order valence-corrected chi connectivity index (χ0v) is 12.7. The van der Waals surface area contributed by atoms with E-state index in [1.807, 2.05) is 13.1 Å². The second-order valence-electron chi connectivity index (χ2n) is 6.12. The van der Waals surface area contributed by atoms with Crippen molar-refractivity contribution in [3.8, 4) is 11.5 Å². The van der Waals surface area contributed by atoms with Gasteiger partial charge in [0.1, 0.15) is 5.56 Å². The zero-order chi connectivity index (χ0) is 15.1. The molecule has 0 amide bonds. The minimum absolute atomic E-state index is 0.0569. The van der Waals surface area contributed by atoms with Gasteiger partial charge < -0.3 is 13.8 Å². The van der Waals surface area contributed by atoms with Crippen LogP contribution in [0.5, 0.6) is 0 Å². The number of hydrogen-bond donors (Lipinski definition) is 0. The first-order valence-corrected chi connectivity index (χ1v) is 7.87. The van der Waals surface area contributed by atoms with E-state index in [1.165, 1.54) is 12.0 Å². The topological polar surface area (TPSA) is 70.2 Å². The van der Waals surface area contributed by atoms with Gasteiger partial charge in [-0.3, -0.25) is 4.79 Å². The molecule has 22 heavy (non-hydrogen) atoms. The van der Waals surface area contributed by atoms with Gasteiger partial charge in [0.05, 0.1) is 6.61 Å². The van der Waals surface area contributed by atoms with Gasteiger partial charge in [-0.25, -0.2) is 0 Å². The Labute approximate surface area is 128 Å². The van der Waals surface area contributed by atoms with Crippen molar-refractivity contribution in [1.82, 2.24) is 14.7 Å². The first-order valence-electron chi connectivity index (χ1n) is 7.87. The van der Waals surface area contributed by atoms with Crippen LogP contribution in [0.2, 0.25) is 0 Å². The predicted octanol–water partition coefficient (Wildman–Crippen LogP) is 1.82. The third-order valence-electron chi connectivity index (χ3n) is 4.71. The lowest BCUT2D eigenvalue weighted by Gasteiger charge is -2.19. The van der Waals surface area contributed by atoms with E-state index in [-0.39, 0.29) is 11.5 Å². The van der Waals surface area contributed by atoms with Gasteiger partial charge >= 0.3 is 0 Å². The van der Waals surface area contributed by atoms with E-state index < -0.39 is 0 Å². The number of aromatic nitrogens is 3. The van der Waals surface area contributed by atoms with Crippen molar-refractivity contribution in [2.45, 2.75) is 38.0 Å². The maximum Gasteiger partial charge on any atom is 0.263 e. The third-order valence-corrected chi connectivity index (χ3v) is 4.71. The van der Waals surface area contributed by atoms with Crippen molar-refractivity contribution in [3.63, 3.8) is 0 Å². The quantitative estimate of drug-likeness (QED) is 0.846. The molecule has 0 aromatic carbocycles. The summed E-state index contributed by atoms with van der Waals surface area (Å²) in [4.78, 5) is 17.0. The van der Waals surface area contributed by atoms with Crippen LogP contribution in [0.25, 0.3) is 11.5 Å². The Morgan fingerprint density at radius 1 is 1.32 bits per heavy atom. The highest BCUT2D eigenvalue weighted by atomic mass is 16.5. The highest BCUT2D eigenvalue weighted by Crippen LogP contribution is 2.27. The van der Waals surface area contributed by atoms with Crippen molar-refractivity contribution in [1.29, 1.82) is 0 Å². The van der Waals surface area contributed by atoms with Crippen molar-refractivity contribution >= 4 is 0 Å². The van der Waals surface area contributed by atoms with Crippen molar-refractivity contribution in [2.75, 3.05) is 13.2 Å². The molecule has 116 valence electrons. The number of ether oxygens (including phenoxy) is 1. The van der Waals surface area contributed by atoms with Gasteiger partial charge in [-0.1, -0.05) is 5.16 Å². The lowest BCUT2D eigenvalue weighted by atomic mass is 9.94. The predicted molar refractivity (Wildman–Crippen MR) is 79.8 cm³/mol. The summed E-state index contributed by atoms with van der Waals surface area (Å²) in [5.41, 5.74) is 2.83. The Balaban J connectivity index is 1.76. The van der Waals surface area contributed by atoms with Crippen molar-refractivity contribution in [3.05, 3.63) is 33.5 Å². The van der Waals surface area contributed by atoms with E-state index >= 15 is 0 Å². The Bertz CT molecular complexity index is 756. The largest absolute Gasteiger partial charge is 0.381 e. The number of fused-ring (bicyclic) bond motifs is 1. The molecule has 0 unspecified atom stereocenters. The van der Waals surface area contributed by atoms with Crippen LogP contribution < -0.4 is 5.56 Å². The summed E-state index contributed by atoms with van der Waals surface area (Å²) >= 11 is 0. The van der Waals surface area contributed by atoms with Crippen LogP contribution in [-0.2, 0) is 24.6 Å². The van der Waals surface area contributed by atoms with Crippen LogP contribution in [0.15, 0.2) is 15.4 Å². The van der Waals surface area contributed by atoms with Gasteiger partial charge in [0.25, 0.3) is 11.4 Å². The second kappa shape index (κ2) is 5.35. The Hall–Kier alpha value is -1.95. The highest BCUT2D eigenvalue weighted by molar-refractivity contribution is 5.54. The maximum absolute atomic E-state index is 12.6. The Morgan fingerprint density at radius 2 is 2.18 bits per heavy atom. The molecule has 4 rings (SSSR count). The lowest BCUT2D eigenvalue weighted by Crippen LogP contribution is -2.25. The van der Waals surface area contributed by atoms with Crippen LogP contribution >= 0.6 is 0 Å². The monoisotopic (exact) mass is 301 g/mol. The fraction of sp³-hybridized carbons (Fsp3) is 0.562. The molecule has 0 spiro atoms. The van der Waals surface area contributed by atoms with Crippen molar-refractivity contribution < 1.29 is 9.26 Å². The van der Waals surface area contributed by atoms with Gasteiger partial charge in [-0.15, -0.1) is 0 Å². The molecular formula is C16H19N3O3. The average molecular weight is 301 g/mol. The summed E-state index contributed by atoms with van der Waals surface area (Å²) in [6.45, 7) is 1.36. The number of nitrogens with zero attached hydrogens (tertiary/aromatic N) is 3. The summed E-state index contributed by atoms with van der Waals surface area (Å²) in [6.07, 6.45) is 5.19. The van der Waals surface area contributed by atoms with Crippen LogP contribution in [0.4, 0.5) is 0 Å². The number of pyridine rings is 1. The molecule has 1 aliphatic carbocycles. The van der Waals surface area contributed by atoms with E-state index in [0.29, 0.717) is 23.9 Å². The first-order chi connectivity index (χ1) is 10.7. The van der Waals surface area contributed by atoms with E-state index in [4.69, 9.17) is 9.26 Å². The molecule has 6 heteroatoms. The van der Waals surface area contributed by atoms with E-state index in [0.717, 1.165) is 38.0 Å². The highest BCUT2D eigenvalue weighted by Gasteiger charge is 2.25. The zero-order valence-electron chi connectivity index (χ0n) is 12.7. The number of aryl methyl sites for hydroxylation is 1. The molecule has 1 aliphatic heterocycles. The molecule has 2 aromatic rings. The maximum atomic E-state index is 12.6. The van der Waals surface area contributed by atoms with Gasteiger partial charge in [-0.05, 0) is 43.7 Å². The molecule has 3 heterocycles. The molecule has 1 atom stereocenters. The van der Waals surface area contributed by atoms with Crippen LogP contribution in [0.1, 0.15) is 42.3 Å². The number of hydrogen-bond acceptors (Lipinski definition) is 5. The first kappa shape index (κ1) is 13.7. The molecule has 0 radical (unpaired) electrons. The fourth-order valence-electron chi connectivity index (χ4n) is 3.39. The Kier molecular flexibility index (Phi) is 3.33. The summed E-state index contributed by atoms with van der Waals surface area (Å²) < 4.78 is 12.5. The van der Waals surface area contributed by atoms with E-state index in [1.54, 1.807) is 4.57 Å². The minimum Gasteiger partial charge on any atom is -0.381 e. The SMILES string of the molecule is Cn1c2c(cc(-c3nc([C@@H]4CCOC4)no3)c1=O)CCCC2. The molecule has 0 N–H and O–H groups in total. The van der Waals surface area contributed by atoms with Gasteiger partial charge in [-0.2, -0.15) is 4.98 Å². The normalized spacial score (nSPS) is 21.0. The third kappa shape index (κ3) is 2.18. The van der Waals surface area contributed by atoms with Crippen LogP contribution in [-0.4, -0.2) is 27.9 Å². The fourth-order valence-corrected chi connectivity index (χ4v) is 3.39. The van der Waals surface area contributed by atoms with Crippen LogP contribution in [0.3, 0.4) is 0 Å². The summed E-state index contributed by atoms with van der Waals surface area (Å²) in [7, 11) is 1.83. The molecule has 2 aliphatic rings. The van der Waals surface area contributed by atoms with Gasteiger partial charge in [0, 0.05) is 25.3 Å². The van der Waals surface area contributed by atoms with Gasteiger partial charge in [0.2, 0.25) is 0 Å². The second-order valence-corrected chi connectivity index (χ2v) is 6.12. The lowest BCUT2D eigenvalue weighted by molar-refractivity contribution is 0.192. The molecule has 2 aromatic heterocycles. The molecular weight excluding hydrogens is 282 g/mol. The molecule has 0 bridgehead atoms. The van der Waals surface area contributed by atoms with E-state index in [2.05, 4.69) is 10.1 Å². The van der Waals surface area contributed by atoms with Crippen molar-refractivity contribution in [2.24, 2.45) is 7.05 Å². The van der Waals surface area contributed by atoms with Gasteiger partial charge in [0.15, 0.2) is 5.82 Å². The molecule has 1 saturated heterocycles. The Morgan fingerprint density at radius 3 is 3.00 bits per heavy atom. The minimum atomic E-state index is -0.0569. The van der Waals surface area contributed by atoms with Crippen LogP contribution in [0, 0.1) is 0 Å².